The molecule has 0 atom stereocenters. The summed E-state index contributed by atoms with van der Waals surface area (Å²) >= 11 is 0. The highest BCUT2D eigenvalue weighted by molar-refractivity contribution is 7.93. The Hall–Kier alpha value is -5.65. The summed E-state index contributed by atoms with van der Waals surface area (Å²) in [5.41, 5.74) is 3.97. The summed E-state index contributed by atoms with van der Waals surface area (Å²) in [4.78, 5) is 12.8. The van der Waals surface area contributed by atoms with Crippen LogP contribution in [0.4, 0.5) is 11.6 Å². The summed E-state index contributed by atoms with van der Waals surface area (Å²) in [6, 6.07) is 41.3. The third-order valence-electron chi connectivity index (χ3n) is 8.54. The zero-order valence-corrected chi connectivity index (χ0v) is 30.7. The number of nitrogens with zero attached hydrogens (tertiary/aromatic N) is 3. The van der Waals surface area contributed by atoms with E-state index in [1.165, 1.54) is 8.61 Å². The maximum atomic E-state index is 14.7. The fraction of sp³-hybridized carbons (Fsp3) is 0.146. The second-order valence-electron chi connectivity index (χ2n) is 12.3. The molecule has 0 spiro atoms. The van der Waals surface area contributed by atoms with E-state index >= 15 is 0 Å². The molecule has 1 aromatic heterocycles. The number of anilines is 2. The lowest BCUT2D eigenvalue weighted by Gasteiger charge is -2.30. The molecule has 11 heteroatoms. The minimum atomic E-state index is -4.22. The van der Waals surface area contributed by atoms with Gasteiger partial charge >= 0.3 is 5.97 Å². The van der Waals surface area contributed by atoms with Gasteiger partial charge in [0, 0.05) is 5.69 Å². The van der Waals surface area contributed by atoms with Crippen molar-refractivity contribution in [2.45, 2.75) is 43.7 Å². The maximum Gasteiger partial charge on any atom is 0.338 e. The van der Waals surface area contributed by atoms with E-state index in [1.807, 2.05) is 74.5 Å². The second-order valence-corrected chi connectivity index (χ2v) is 16.0. The minimum Gasteiger partial charge on any atom is -0.462 e. The Balaban J connectivity index is 1.62. The van der Waals surface area contributed by atoms with Gasteiger partial charge in [-0.1, -0.05) is 96.1 Å². The number of hydrogen-bond donors (Lipinski definition) is 0. The zero-order chi connectivity index (χ0) is 36.9. The molecule has 0 saturated heterocycles. The van der Waals surface area contributed by atoms with Crippen LogP contribution < -0.4 is 8.61 Å². The van der Waals surface area contributed by atoms with Crippen LogP contribution in [0.1, 0.15) is 39.5 Å². The van der Waals surface area contributed by atoms with Crippen molar-refractivity contribution in [3.8, 4) is 5.69 Å². The Morgan fingerprint density at radius 3 is 1.35 bits per heavy atom. The predicted octanol–water partition coefficient (Wildman–Crippen LogP) is 8.06. The number of hydrogen-bond acceptors (Lipinski definition) is 6. The van der Waals surface area contributed by atoms with Crippen molar-refractivity contribution in [3.63, 3.8) is 0 Å². The molecule has 0 fully saturated rings. The van der Waals surface area contributed by atoms with Gasteiger partial charge in [0.15, 0.2) is 0 Å². The van der Waals surface area contributed by atoms with E-state index in [1.54, 1.807) is 96.4 Å². The highest BCUT2D eigenvalue weighted by atomic mass is 32.2. The van der Waals surface area contributed by atoms with Crippen molar-refractivity contribution in [1.29, 1.82) is 0 Å². The molecule has 0 aliphatic carbocycles. The van der Waals surface area contributed by atoms with E-state index in [4.69, 9.17) is 4.74 Å². The topological polar surface area (TPSA) is 106 Å². The van der Waals surface area contributed by atoms with Gasteiger partial charge in [-0.3, -0.25) is 4.57 Å². The summed E-state index contributed by atoms with van der Waals surface area (Å²) in [6.07, 6.45) is 0. The van der Waals surface area contributed by atoms with Gasteiger partial charge in [-0.2, -0.15) is 0 Å². The molecule has 0 saturated carbocycles. The molecule has 0 N–H and O–H groups in total. The van der Waals surface area contributed by atoms with Crippen molar-refractivity contribution in [3.05, 3.63) is 173 Å². The smallest absolute Gasteiger partial charge is 0.338 e. The van der Waals surface area contributed by atoms with Crippen LogP contribution in [-0.2, 0) is 37.9 Å². The monoisotopic (exact) mass is 733 g/mol. The van der Waals surface area contributed by atoms with Gasteiger partial charge in [-0.25, -0.2) is 30.2 Å². The molecule has 9 nitrogen and oxygen atoms in total. The number of esters is 1. The van der Waals surface area contributed by atoms with Gasteiger partial charge in [0.05, 0.1) is 35.1 Å². The number of benzene rings is 5. The average Bonchev–Trinajstić information content (AvgIpc) is 3.58. The molecular formula is C41H39N3O6S2. The molecule has 52 heavy (non-hydrogen) atoms. The molecule has 1 heterocycles. The van der Waals surface area contributed by atoms with Crippen molar-refractivity contribution in [2.75, 3.05) is 15.2 Å². The van der Waals surface area contributed by atoms with Crippen LogP contribution in [0, 0.1) is 13.8 Å². The number of carbonyl (C=O) groups excluding carboxylic acids is 1. The number of carbonyl (C=O) groups is 1. The van der Waals surface area contributed by atoms with Crippen molar-refractivity contribution in [2.24, 2.45) is 0 Å². The van der Waals surface area contributed by atoms with Gasteiger partial charge in [0.2, 0.25) is 0 Å². The first-order valence-corrected chi connectivity index (χ1v) is 19.6. The van der Waals surface area contributed by atoms with Gasteiger partial charge in [-0.05, 0) is 92.6 Å². The molecule has 6 aromatic rings. The van der Waals surface area contributed by atoms with E-state index in [-0.39, 0.29) is 41.1 Å². The van der Waals surface area contributed by atoms with Gasteiger partial charge in [0.25, 0.3) is 20.0 Å². The van der Waals surface area contributed by atoms with Crippen LogP contribution in [0.2, 0.25) is 0 Å². The van der Waals surface area contributed by atoms with Crippen molar-refractivity contribution < 1.29 is 26.4 Å². The number of aromatic nitrogens is 1. The predicted molar refractivity (Wildman–Crippen MR) is 204 cm³/mol. The molecule has 266 valence electrons. The highest BCUT2D eigenvalue weighted by Crippen LogP contribution is 2.37. The van der Waals surface area contributed by atoms with E-state index < -0.39 is 26.0 Å². The lowest BCUT2D eigenvalue weighted by atomic mass is 10.2. The number of rotatable bonds is 13. The Morgan fingerprint density at radius 2 is 0.962 bits per heavy atom. The Labute approximate surface area is 305 Å². The fourth-order valence-corrected chi connectivity index (χ4v) is 8.67. The van der Waals surface area contributed by atoms with Crippen molar-refractivity contribution in [1.82, 2.24) is 4.57 Å². The van der Waals surface area contributed by atoms with Gasteiger partial charge in [0.1, 0.15) is 11.6 Å². The van der Waals surface area contributed by atoms with E-state index in [9.17, 15) is 21.6 Å². The fourth-order valence-electron chi connectivity index (χ4n) is 5.78. The SMILES string of the molecule is CCOC(=O)c1ccc(-n2c(N(Cc3ccccc3)S(=O)(=O)c3ccc(C)cc3)ccc2N(Cc2ccccc2)S(=O)(=O)c2ccc(C)cc2)cc1. The van der Waals surface area contributed by atoms with Crippen LogP contribution in [0.25, 0.3) is 5.69 Å². The molecule has 0 amide bonds. The maximum absolute atomic E-state index is 14.7. The van der Waals surface area contributed by atoms with Gasteiger partial charge in [-0.15, -0.1) is 0 Å². The Morgan fingerprint density at radius 1 is 0.558 bits per heavy atom. The largest absolute Gasteiger partial charge is 0.462 e. The van der Waals surface area contributed by atoms with Crippen LogP contribution in [0.15, 0.2) is 155 Å². The third kappa shape index (κ3) is 7.65. The van der Waals surface area contributed by atoms with Crippen LogP contribution in [0.3, 0.4) is 0 Å². The molecule has 0 unspecified atom stereocenters. The standard InChI is InChI=1S/C41H39N3O6S2/c1-4-50-41(45)35-19-21-36(22-20-35)44-39(42(29-33-11-7-5-8-12-33)51(46,47)37-23-15-31(2)16-24-37)27-28-40(44)43(30-34-13-9-6-10-14-34)52(48,49)38-25-17-32(3)18-26-38/h5-28H,4,29-30H2,1-3H3. The van der Waals surface area contributed by atoms with Gasteiger partial charge < -0.3 is 4.74 Å². The molecule has 5 aromatic carbocycles. The molecule has 6 rings (SSSR count). The Kier molecular flexibility index (Phi) is 10.6. The zero-order valence-electron chi connectivity index (χ0n) is 29.1. The minimum absolute atomic E-state index is 0.0508. The number of ether oxygens (including phenoxy) is 1. The summed E-state index contributed by atoms with van der Waals surface area (Å²) in [5, 5.41) is 0. The number of aryl methyl sites for hydroxylation is 2. The first-order valence-electron chi connectivity index (χ1n) is 16.7. The molecular weight excluding hydrogens is 695 g/mol. The second kappa shape index (κ2) is 15.3. The first kappa shape index (κ1) is 36.2. The molecule has 0 radical (unpaired) electrons. The van der Waals surface area contributed by atoms with Crippen molar-refractivity contribution >= 4 is 37.7 Å². The van der Waals surface area contributed by atoms with E-state index in [0.717, 1.165) is 22.3 Å². The molecule has 0 aliphatic rings. The highest BCUT2D eigenvalue weighted by Gasteiger charge is 2.33. The summed E-state index contributed by atoms with van der Waals surface area (Å²) in [5.74, 6) is -0.122. The molecule has 0 aliphatic heterocycles. The number of sulfonamides is 2. The summed E-state index contributed by atoms with van der Waals surface area (Å²) < 4.78 is 68.1. The lowest BCUT2D eigenvalue weighted by molar-refractivity contribution is 0.0526. The van der Waals surface area contributed by atoms with E-state index in [0.29, 0.717) is 11.3 Å². The van der Waals surface area contributed by atoms with E-state index in [2.05, 4.69) is 0 Å². The Bertz CT molecular complexity index is 2220. The normalized spacial score (nSPS) is 11.6. The summed E-state index contributed by atoms with van der Waals surface area (Å²) in [7, 11) is -8.44. The van der Waals surface area contributed by atoms with Crippen LogP contribution >= 0.6 is 0 Å². The van der Waals surface area contributed by atoms with Crippen LogP contribution in [0.5, 0.6) is 0 Å². The van der Waals surface area contributed by atoms with Crippen LogP contribution in [-0.4, -0.2) is 34.0 Å². The quantitative estimate of drug-likeness (QED) is 0.111. The molecule has 0 bridgehead atoms. The average molecular weight is 734 g/mol. The summed E-state index contributed by atoms with van der Waals surface area (Å²) in [6.45, 7) is 5.58. The lowest BCUT2D eigenvalue weighted by Crippen LogP contribution is -2.35. The first-order chi connectivity index (χ1) is 25.0. The third-order valence-corrected chi connectivity index (χ3v) is 12.1.